The van der Waals surface area contributed by atoms with Gasteiger partial charge in [-0.05, 0) is 98.2 Å². The van der Waals surface area contributed by atoms with Gasteiger partial charge in [0.2, 0.25) is 8.32 Å². The van der Waals surface area contributed by atoms with Crippen LogP contribution in [0.25, 0.3) is 0 Å². The maximum absolute atomic E-state index is 13.7. The van der Waals surface area contributed by atoms with Crippen LogP contribution in [0, 0.1) is 0 Å². The molecule has 0 unspecified atom stereocenters. The molecule has 0 rings (SSSR count). The summed E-state index contributed by atoms with van der Waals surface area (Å²) < 4.78 is 67.5. The smallest absolute Gasteiger partial charge is 0.456 e. The molecule has 0 saturated carbocycles. The van der Waals surface area contributed by atoms with Gasteiger partial charge in [0.15, 0.2) is 39.4 Å². The van der Waals surface area contributed by atoms with Crippen LogP contribution in [-0.4, -0.2) is 60.3 Å². The summed E-state index contributed by atoms with van der Waals surface area (Å²) in [7, 11) is -20.2. The van der Waals surface area contributed by atoms with Gasteiger partial charge < -0.3 is 21.3 Å². The van der Waals surface area contributed by atoms with E-state index in [1.165, 1.54) is 0 Å². The van der Waals surface area contributed by atoms with Gasteiger partial charge in [-0.2, -0.15) is 0 Å². The number of phosphoric acid groups is 2. The van der Waals surface area contributed by atoms with E-state index in [2.05, 4.69) is 0 Å². The maximum atomic E-state index is 13.7. The summed E-state index contributed by atoms with van der Waals surface area (Å²) in [6.07, 6.45) is -1.52. The fraction of sp³-hybridized carbons (Fsp3) is 0.944. The SMILES string of the molecule is C[Si](C)(C)OC(=O)[C@@H](COP(=O)(O[Si](C)(C)C)O[Si](C)(C)C)OP(=O)(O[Si](C)(C)C)O[Si](C)(C)C. The molecule has 0 aliphatic rings. The van der Waals surface area contributed by atoms with Crippen LogP contribution in [0.2, 0.25) is 98.2 Å². The largest absolute Gasteiger partial charge is 0.518 e. The Morgan fingerprint density at radius 1 is 0.571 bits per heavy atom. The summed E-state index contributed by atoms with van der Waals surface area (Å²) in [5, 5.41) is 0. The third-order valence-corrected chi connectivity index (χ3v) is 17.0. The normalized spacial score (nSPS) is 15.7. The second kappa shape index (κ2) is 12.3. The Morgan fingerprint density at radius 2 is 0.886 bits per heavy atom. The van der Waals surface area contributed by atoms with Gasteiger partial charge in [-0.25, -0.2) is 9.13 Å². The van der Waals surface area contributed by atoms with Gasteiger partial charge >= 0.3 is 21.6 Å². The van der Waals surface area contributed by atoms with Crippen LogP contribution in [0.5, 0.6) is 0 Å². The molecule has 10 nitrogen and oxygen atoms in total. The van der Waals surface area contributed by atoms with Crippen molar-refractivity contribution in [2.24, 2.45) is 0 Å². The van der Waals surface area contributed by atoms with E-state index in [9.17, 15) is 13.9 Å². The highest BCUT2D eigenvalue weighted by atomic mass is 31.2. The van der Waals surface area contributed by atoms with Crippen molar-refractivity contribution in [3.05, 3.63) is 0 Å². The van der Waals surface area contributed by atoms with Crippen molar-refractivity contribution in [1.82, 2.24) is 0 Å². The van der Waals surface area contributed by atoms with Crippen LogP contribution in [0.1, 0.15) is 0 Å². The van der Waals surface area contributed by atoms with Gasteiger partial charge in [-0.1, -0.05) is 0 Å². The standard InChI is InChI=1S/C18H48O10P2Si5/c1-31(2,3)24-18(19)17(23-30(21,27-34(10,11)12)28-35(13,14)15)16-22-29(20,25-32(4,5)6)26-33(7,8)9/h17H,16H2,1-15H3/t17-/m1/s1. The van der Waals surface area contributed by atoms with Crippen molar-refractivity contribution in [2.75, 3.05) is 6.61 Å². The Kier molecular flexibility index (Phi) is 12.6. The number of hydrogen-bond acceptors (Lipinski definition) is 10. The average Bonchev–Trinajstić information content (AvgIpc) is 2.41. The van der Waals surface area contributed by atoms with Crippen LogP contribution in [-0.2, 0) is 44.2 Å². The average molecular weight is 627 g/mol. The molecule has 0 amide bonds. The summed E-state index contributed by atoms with van der Waals surface area (Å²) in [5.74, 6) is -0.796. The van der Waals surface area contributed by atoms with Crippen molar-refractivity contribution >= 4 is 63.2 Å². The zero-order valence-electron chi connectivity index (χ0n) is 24.3. The van der Waals surface area contributed by atoms with Crippen molar-refractivity contribution in [1.29, 1.82) is 0 Å². The van der Waals surface area contributed by atoms with Crippen LogP contribution in [0.3, 0.4) is 0 Å². The lowest BCUT2D eigenvalue weighted by atomic mass is 10.4. The molecule has 0 fully saturated rings. The van der Waals surface area contributed by atoms with Gasteiger partial charge in [0.1, 0.15) is 0 Å². The van der Waals surface area contributed by atoms with Crippen LogP contribution in [0.4, 0.5) is 0 Å². The Bertz CT molecular complexity index is 767. The first-order valence-electron chi connectivity index (χ1n) is 11.6. The fourth-order valence-electron chi connectivity index (χ4n) is 2.30. The Morgan fingerprint density at radius 3 is 1.17 bits per heavy atom. The first-order chi connectivity index (χ1) is 15.0. The molecule has 0 aromatic carbocycles. The van der Waals surface area contributed by atoms with Crippen LogP contribution < -0.4 is 0 Å². The van der Waals surface area contributed by atoms with Gasteiger partial charge in [0.05, 0.1) is 6.61 Å². The van der Waals surface area contributed by atoms with E-state index in [0.29, 0.717) is 0 Å². The van der Waals surface area contributed by atoms with E-state index in [0.717, 1.165) is 0 Å². The molecule has 0 aromatic rings. The molecule has 0 aliphatic carbocycles. The van der Waals surface area contributed by atoms with E-state index in [-0.39, 0.29) is 0 Å². The minimum Gasteiger partial charge on any atom is -0.518 e. The third-order valence-electron chi connectivity index (χ3n) is 2.85. The zero-order chi connectivity index (χ0) is 28.3. The van der Waals surface area contributed by atoms with E-state index >= 15 is 0 Å². The molecule has 0 saturated heterocycles. The van der Waals surface area contributed by atoms with E-state index in [4.69, 9.17) is 30.3 Å². The molecule has 0 aliphatic heterocycles. The first-order valence-corrected chi connectivity index (χ1v) is 31.6. The molecule has 210 valence electrons. The molecule has 0 aromatic heterocycles. The molecular formula is C18H48O10P2Si5. The Hall–Kier alpha value is 0.774. The lowest BCUT2D eigenvalue weighted by Crippen LogP contribution is -2.40. The third kappa shape index (κ3) is 18.6. The monoisotopic (exact) mass is 626 g/mol. The second-order valence-electron chi connectivity index (χ2n) is 13.1. The highest BCUT2D eigenvalue weighted by Crippen LogP contribution is 2.57. The van der Waals surface area contributed by atoms with E-state index in [1.807, 2.05) is 98.2 Å². The lowest BCUT2D eigenvalue weighted by Gasteiger charge is -2.34. The topological polar surface area (TPSA) is 116 Å². The van der Waals surface area contributed by atoms with Crippen molar-refractivity contribution in [2.45, 2.75) is 104 Å². The van der Waals surface area contributed by atoms with Gasteiger partial charge in [0, 0.05) is 0 Å². The molecule has 0 heterocycles. The summed E-state index contributed by atoms with van der Waals surface area (Å²) in [4.78, 5) is 13.1. The van der Waals surface area contributed by atoms with E-state index in [1.54, 1.807) is 0 Å². The Balaban J connectivity index is 6.23. The van der Waals surface area contributed by atoms with Crippen molar-refractivity contribution in [3.8, 4) is 0 Å². The maximum Gasteiger partial charge on any atom is 0.456 e. The second-order valence-corrected chi connectivity index (χ2v) is 39.6. The minimum absolute atomic E-state index is 0.566. The molecule has 0 radical (unpaired) electrons. The minimum atomic E-state index is -4.20. The zero-order valence-corrected chi connectivity index (χ0v) is 31.1. The van der Waals surface area contributed by atoms with Gasteiger partial charge in [-0.15, -0.1) is 0 Å². The number of hydrogen-bond donors (Lipinski definition) is 0. The molecule has 0 spiro atoms. The van der Waals surface area contributed by atoms with Crippen molar-refractivity contribution < 1.29 is 44.2 Å². The lowest BCUT2D eigenvalue weighted by molar-refractivity contribution is -0.145. The van der Waals surface area contributed by atoms with Gasteiger partial charge in [-0.3, -0.25) is 13.8 Å². The number of carbonyl (C=O) groups is 1. The number of rotatable bonds is 15. The van der Waals surface area contributed by atoms with Crippen molar-refractivity contribution in [3.63, 3.8) is 0 Å². The summed E-state index contributed by atoms with van der Waals surface area (Å²) in [5.41, 5.74) is 0. The highest BCUT2D eigenvalue weighted by Gasteiger charge is 2.45. The highest BCUT2D eigenvalue weighted by molar-refractivity contribution is 7.52. The molecule has 1 atom stereocenters. The molecule has 0 bridgehead atoms. The van der Waals surface area contributed by atoms with E-state index < -0.39 is 75.9 Å². The molecule has 17 heteroatoms. The predicted molar refractivity (Wildman–Crippen MR) is 153 cm³/mol. The quantitative estimate of drug-likeness (QED) is 0.135. The van der Waals surface area contributed by atoms with Crippen LogP contribution >= 0.6 is 15.6 Å². The summed E-state index contributed by atoms with van der Waals surface area (Å²) in [6, 6.07) is 0. The molecular weight excluding hydrogens is 579 g/mol. The fourth-order valence-corrected chi connectivity index (χ4v) is 16.3. The van der Waals surface area contributed by atoms with Crippen LogP contribution in [0.15, 0.2) is 0 Å². The summed E-state index contributed by atoms with van der Waals surface area (Å²) in [6.45, 7) is 27.0. The number of carbonyl (C=O) groups excluding carboxylic acids is 1. The van der Waals surface area contributed by atoms with Gasteiger partial charge in [0.25, 0.3) is 0 Å². The predicted octanol–water partition coefficient (Wildman–Crippen LogP) is 7.39. The Labute approximate surface area is 218 Å². The molecule has 0 N–H and O–H groups in total. The molecule has 35 heavy (non-hydrogen) atoms. The first kappa shape index (κ1) is 35.8. The summed E-state index contributed by atoms with van der Waals surface area (Å²) >= 11 is 0.